The van der Waals surface area contributed by atoms with Gasteiger partial charge in [0.25, 0.3) is 5.56 Å². The van der Waals surface area contributed by atoms with E-state index in [2.05, 4.69) is 39.3 Å². The molecule has 8 heteroatoms. The van der Waals surface area contributed by atoms with E-state index in [0.29, 0.717) is 37.3 Å². The van der Waals surface area contributed by atoms with Gasteiger partial charge in [0, 0.05) is 69.3 Å². The Kier molecular flexibility index (Phi) is 7.67. The molecule has 1 saturated heterocycles. The molecule has 3 heterocycles. The SMILES string of the molecule is CNc1cc(-c2c[nH]c(=O)c(N(CC3CC3)C3CCN(C(=O)/C=C/CNC(C)C)C3)c2)ccn1. The van der Waals surface area contributed by atoms with Crippen LogP contribution in [0.3, 0.4) is 0 Å². The summed E-state index contributed by atoms with van der Waals surface area (Å²) < 4.78 is 0. The van der Waals surface area contributed by atoms with Gasteiger partial charge in [-0.25, -0.2) is 4.98 Å². The van der Waals surface area contributed by atoms with Crippen molar-refractivity contribution in [3.8, 4) is 11.1 Å². The molecule has 0 bridgehead atoms. The number of amides is 1. The molecular weight excluding hydrogens is 428 g/mol. The molecular formula is C26H36N6O2. The van der Waals surface area contributed by atoms with Gasteiger partial charge in [-0.15, -0.1) is 0 Å². The maximum atomic E-state index is 13.0. The lowest BCUT2D eigenvalue weighted by molar-refractivity contribution is -0.125. The topological polar surface area (TPSA) is 93.4 Å². The molecule has 1 saturated carbocycles. The molecule has 4 rings (SSSR count). The molecule has 3 N–H and O–H groups in total. The molecule has 1 aliphatic heterocycles. The zero-order valence-electron chi connectivity index (χ0n) is 20.4. The number of nitrogens with one attached hydrogen (secondary N) is 3. The number of hydrogen-bond acceptors (Lipinski definition) is 6. The van der Waals surface area contributed by atoms with Gasteiger partial charge >= 0.3 is 0 Å². The van der Waals surface area contributed by atoms with Gasteiger partial charge in [0.05, 0.1) is 0 Å². The Balaban J connectivity index is 1.52. The third kappa shape index (κ3) is 6.05. The van der Waals surface area contributed by atoms with E-state index in [0.717, 1.165) is 29.9 Å². The fraction of sp³-hybridized carbons (Fsp3) is 0.500. The molecule has 1 aliphatic carbocycles. The third-order valence-corrected chi connectivity index (χ3v) is 6.51. The summed E-state index contributed by atoms with van der Waals surface area (Å²) in [4.78, 5) is 37.0. The Morgan fingerprint density at radius 1 is 1.29 bits per heavy atom. The first-order valence-electron chi connectivity index (χ1n) is 12.3. The first kappa shape index (κ1) is 24.0. The summed E-state index contributed by atoms with van der Waals surface area (Å²) in [5.74, 6) is 1.44. The van der Waals surface area contributed by atoms with Crippen LogP contribution in [0.2, 0.25) is 0 Å². The van der Waals surface area contributed by atoms with E-state index in [9.17, 15) is 9.59 Å². The van der Waals surface area contributed by atoms with Crippen molar-refractivity contribution in [1.82, 2.24) is 20.2 Å². The highest BCUT2D eigenvalue weighted by atomic mass is 16.2. The number of nitrogens with zero attached hydrogens (tertiary/aromatic N) is 3. The Hall–Kier alpha value is -3.13. The molecule has 2 aromatic heterocycles. The minimum absolute atomic E-state index is 0.0402. The van der Waals surface area contributed by atoms with Gasteiger partial charge < -0.3 is 25.4 Å². The summed E-state index contributed by atoms with van der Waals surface area (Å²) in [6.45, 7) is 7.04. The second-order valence-corrected chi connectivity index (χ2v) is 9.57. The number of rotatable bonds is 10. The molecule has 2 aliphatic rings. The lowest BCUT2D eigenvalue weighted by atomic mass is 10.1. The highest BCUT2D eigenvalue weighted by Gasteiger charge is 2.34. The van der Waals surface area contributed by atoms with Gasteiger partial charge in [-0.2, -0.15) is 0 Å². The average Bonchev–Trinajstić information content (AvgIpc) is 3.53. The quantitative estimate of drug-likeness (QED) is 0.468. The van der Waals surface area contributed by atoms with Crippen molar-refractivity contribution in [3.05, 3.63) is 53.1 Å². The number of aromatic amines is 1. The number of anilines is 2. The van der Waals surface area contributed by atoms with Crippen LogP contribution in [0.4, 0.5) is 11.5 Å². The summed E-state index contributed by atoms with van der Waals surface area (Å²) in [5.41, 5.74) is 2.53. The number of likely N-dealkylation sites (tertiary alicyclic amines) is 1. The van der Waals surface area contributed by atoms with Crippen molar-refractivity contribution in [2.45, 2.75) is 45.2 Å². The van der Waals surface area contributed by atoms with E-state index in [-0.39, 0.29) is 17.5 Å². The van der Waals surface area contributed by atoms with Gasteiger partial charge in [0.2, 0.25) is 5.91 Å². The number of H-pyrrole nitrogens is 1. The second kappa shape index (κ2) is 10.9. The Morgan fingerprint density at radius 2 is 2.12 bits per heavy atom. The normalized spacial score (nSPS) is 18.1. The lowest BCUT2D eigenvalue weighted by Crippen LogP contribution is -2.42. The highest BCUT2D eigenvalue weighted by Crippen LogP contribution is 2.34. The fourth-order valence-electron chi connectivity index (χ4n) is 4.39. The van der Waals surface area contributed by atoms with Crippen molar-refractivity contribution >= 4 is 17.4 Å². The minimum Gasteiger partial charge on any atom is -0.373 e. The van der Waals surface area contributed by atoms with E-state index in [1.54, 1.807) is 18.5 Å². The predicted molar refractivity (Wildman–Crippen MR) is 137 cm³/mol. The molecule has 0 radical (unpaired) electrons. The zero-order valence-corrected chi connectivity index (χ0v) is 20.4. The van der Waals surface area contributed by atoms with Crippen LogP contribution in [0.15, 0.2) is 47.5 Å². The van der Waals surface area contributed by atoms with E-state index >= 15 is 0 Å². The smallest absolute Gasteiger partial charge is 0.271 e. The van der Waals surface area contributed by atoms with Crippen LogP contribution in [0.5, 0.6) is 0 Å². The molecule has 0 spiro atoms. The second-order valence-electron chi connectivity index (χ2n) is 9.57. The lowest BCUT2D eigenvalue weighted by Gasteiger charge is -2.31. The molecule has 182 valence electrons. The molecule has 1 atom stereocenters. The van der Waals surface area contributed by atoms with Crippen LogP contribution < -0.4 is 21.1 Å². The summed E-state index contributed by atoms with van der Waals surface area (Å²) in [6, 6.07) is 6.42. The first-order valence-corrected chi connectivity index (χ1v) is 12.3. The van der Waals surface area contributed by atoms with Crippen LogP contribution in [-0.4, -0.2) is 66.1 Å². The van der Waals surface area contributed by atoms with Crippen LogP contribution >= 0.6 is 0 Å². The van der Waals surface area contributed by atoms with Crippen molar-refractivity contribution in [1.29, 1.82) is 0 Å². The predicted octanol–water partition coefficient (Wildman–Crippen LogP) is 2.85. The number of carbonyl (C=O) groups excluding carboxylic acids is 1. The standard InChI is InChI=1S/C26H36N6O2/c1-18(2)28-10-4-5-25(33)31-12-9-22(17-31)32(16-19-6-7-19)23-13-21(15-30-26(23)34)20-8-11-29-24(14-20)27-3/h4-5,8,11,13-15,18-19,22,28H,6-7,9-10,12,16-17H2,1-3H3,(H,27,29)(H,30,34)/b5-4+. The number of pyridine rings is 2. The van der Waals surface area contributed by atoms with Crippen molar-refractivity contribution < 1.29 is 4.79 Å². The molecule has 8 nitrogen and oxygen atoms in total. The first-order chi connectivity index (χ1) is 16.4. The van der Waals surface area contributed by atoms with E-state index < -0.39 is 0 Å². The largest absolute Gasteiger partial charge is 0.373 e. The summed E-state index contributed by atoms with van der Waals surface area (Å²) in [7, 11) is 1.84. The number of aromatic nitrogens is 2. The monoisotopic (exact) mass is 464 g/mol. The van der Waals surface area contributed by atoms with Gasteiger partial charge in [-0.05, 0) is 48.9 Å². The molecule has 34 heavy (non-hydrogen) atoms. The summed E-state index contributed by atoms with van der Waals surface area (Å²) in [5, 5.41) is 6.35. The van der Waals surface area contributed by atoms with E-state index in [1.165, 1.54) is 12.8 Å². The molecule has 1 unspecified atom stereocenters. The minimum atomic E-state index is -0.0864. The Labute approximate surface area is 201 Å². The highest BCUT2D eigenvalue weighted by molar-refractivity contribution is 5.88. The molecule has 0 aromatic carbocycles. The number of carbonyl (C=O) groups is 1. The van der Waals surface area contributed by atoms with E-state index in [1.807, 2.05) is 36.2 Å². The van der Waals surface area contributed by atoms with Gasteiger partial charge in [-0.3, -0.25) is 9.59 Å². The molecule has 1 amide bonds. The van der Waals surface area contributed by atoms with Crippen molar-refractivity contribution in [3.63, 3.8) is 0 Å². The van der Waals surface area contributed by atoms with Crippen LogP contribution in [0.1, 0.15) is 33.1 Å². The molecule has 2 aromatic rings. The molecule has 2 fully saturated rings. The van der Waals surface area contributed by atoms with Gasteiger partial charge in [0.15, 0.2) is 0 Å². The van der Waals surface area contributed by atoms with Crippen molar-refractivity contribution in [2.75, 3.05) is 43.4 Å². The maximum absolute atomic E-state index is 13.0. The Bertz CT molecular complexity index is 1070. The van der Waals surface area contributed by atoms with Gasteiger partial charge in [0.1, 0.15) is 11.5 Å². The van der Waals surface area contributed by atoms with Crippen molar-refractivity contribution in [2.24, 2.45) is 5.92 Å². The van der Waals surface area contributed by atoms with Crippen LogP contribution in [0.25, 0.3) is 11.1 Å². The maximum Gasteiger partial charge on any atom is 0.271 e. The third-order valence-electron chi connectivity index (χ3n) is 6.51. The van der Waals surface area contributed by atoms with Crippen LogP contribution in [0, 0.1) is 5.92 Å². The fourth-order valence-corrected chi connectivity index (χ4v) is 4.39. The van der Waals surface area contributed by atoms with E-state index in [4.69, 9.17) is 0 Å². The average molecular weight is 465 g/mol. The summed E-state index contributed by atoms with van der Waals surface area (Å²) in [6.07, 6.45) is 10.3. The zero-order chi connectivity index (χ0) is 24.1. The van der Waals surface area contributed by atoms with Crippen LogP contribution in [-0.2, 0) is 4.79 Å². The Morgan fingerprint density at radius 3 is 2.85 bits per heavy atom. The number of hydrogen-bond donors (Lipinski definition) is 3. The summed E-state index contributed by atoms with van der Waals surface area (Å²) >= 11 is 0. The van der Waals surface area contributed by atoms with Gasteiger partial charge in [-0.1, -0.05) is 19.9 Å².